The second-order valence-electron chi connectivity index (χ2n) is 3.60. The van der Waals surface area contributed by atoms with Crippen LogP contribution in [0.15, 0.2) is 6.07 Å². The molecule has 1 aromatic heterocycles. The molecular weight excluding hydrogens is 291 g/mol. The molecule has 1 amide bonds. The van der Waals surface area contributed by atoms with Crippen molar-refractivity contribution in [1.82, 2.24) is 10.3 Å². The van der Waals surface area contributed by atoms with Crippen molar-refractivity contribution in [2.75, 3.05) is 44.5 Å². The molecule has 0 radical (unpaired) electrons. The molecule has 0 aliphatic heterocycles. The van der Waals surface area contributed by atoms with Crippen molar-refractivity contribution in [3.63, 3.8) is 0 Å². The van der Waals surface area contributed by atoms with Crippen molar-refractivity contribution in [2.45, 2.75) is 0 Å². The van der Waals surface area contributed by atoms with Gasteiger partial charge in [-0.25, -0.2) is 4.98 Å². The van der Waals surface area contributed by atoms with E-state index in [1.807, 2.05) is 0 Å². The number of amides is 1. The summed E-state index contributed by atoms with van der Waals surface area (Å²) >= 11 is 11.9. The summed E-state index contributed by atoms with van der Waals surface area (Å²) in [5.41, 5.74) is 0. The predicted octanol–water partition coefficient (Wildman–Crippen LogP) is 1.60. The molecule has 0 unspecified atom stereocenters. The van der Waals surface area contributed by atoms with E-state index in [1.54, 1.807) is 20.2 Å². The number of carbonyl (C=O) groups excluding carboxylic acids is 1. The number of nitrogens with one attached hydrogen (secondary N) is 3. The van der Waals surface area contributed by atoms with Gasteiger partial charge in [-0.1, -0.05) is 23.2 Å². The van der Waals surface area contributed by atoms with Gasteiger partial charge in [0.25, 0.3) is 0 Å². The second-order valence-corrected chi connectivity index (χ2v) is 4.41. The smallest absolute Gasteiger partial charge is 0.239 e. The van der Waals surface area contributed by atoms with Gasteiger partial charge in [0.2, 0.25) is 5.91 Å². The van der Waals surface area contributed by atoms with E-state index in [-0.39, 0.29) is 12.5 Å². The lowest BCUT2D eigenvalue weighted by Gasteiger charge is -2.10. The molecule has 0 atom stereocenters. The predicted molar refractivity (Wildman–Crippen MR) is 77.2 cm³/mol. The maximum absolute atomic E-state index is 11.5. The number of methoxy groups -OCH3 is 1. The van der Waals surface area contributed by atoms with Gasteiger partial charge in [-0.05, 0) is 6.07 Å². The van der Waals surface area contributed by atoms with E-state index in [2.05, 4.69) is 20.9 Å². The molecule has 1 aromatic rings. The fourth-order valence-corrected chi connectivity index (χ4v) is 1.80. The van der Waals surface area contributed by atoms with Crippen molar-refractivity contribution in [3.05, 3.63) is 16.1 Å². The molecule has 19 heavy (non-hydrogen) atoms. The molecule has 0 bridgehead atoms. The summed E-state index contributed by atoms with van der Waals surface area (Å²) in [6, 6.07) is 1.56. The number of nitrogens with zero attached hydrogens (tertiary/aromatic N) is 1. The number of hydrogen-bond acceptors (Lipinski definition) is 5. The van der Waals surface area contributed by atoms with Crippen molar-refractivity contribution in [2.24, 2.45) is 0 Å². The van der Waals surface area contributed by atoms with Crippen LogP contribution in [-0.4, -0.2) is 44.7 Å². The Morgan fingerprint density at radius 2 is 2.05 bits per heavy atom. The molecule has 0 fully saturated rings. The van der Waals surface area contributed by atoms with E-state index in [0.717, 1.165) is 0 Å². The van der Waals surface area contributed by atoms with Crippen molar-refractivity contribution in [3.8, 4) is 0 Å². The zero-order valence-electron chi connectivity index (χ0n) is 10.7. The van der Waals surface area contributed by atoms with Crippen LogP contribution in [0.5, 0.6) is 0 Å². The van der Waals surface area contributed by atoms with Gasteiger partial charge in [0, 0.05) is 20.7 Å². The average Bonchev–Trinajstić information content (AvgIpc) is 2.38. The van der Waals surface area contributed by atoms with Gasteiger partial charge in [0.05, 0.1) is 23.2 Å². The number of hydrogen-bond donors (Lipinski definition) is 3. The van der Waals surface area contributed by atoms with Crippen LogP contribution < -0.4 is 16.0 Å². The fraction of sp³-hybridized carbons (Fsp3) is 0.455. The third-order valence-corrected chi connectivity index (χ3v) is 2.79. The summed E-state index contributed by atoms with van der Waals surface area (Å²) in [7, 11) is 3.27. The maximum atomic E-state index is 11.5. The summed E-state index contributed by atoms with van der Waals surface area (Å²) < 4.78 is 4.83. The van der Waals surface area contributed by atoms with E-state index in [9.17, 15) is 4.79 Å². The second kappa shape index (κ2) is 8.04. The average molecular weight is 307 g/mol. The number of halogens is 2. The molecule has 106 valence electrons. The Balaban J connectivity index is 2.55. The summed E-state index contributed by atoms with van der Waals surface area (Å²) in [5.74, 6) is 0.724. The molecule has 0 spiro atoms. The molecule has 0 aromatic carbocycles. The third kappa shape index (κ3) is 5.10. The Morgan fingerprint density at radius 3 is 2.68 bits per heavy atom. The van der Waals surface area contributed by atoms with Gasteiger partial charge < -0.3 is 20.7 Å². The Labute approximate surface area is 121 Å². The van der Waals surface area contributed by atoms with E-state index in [4.69, 9.17) is 27.9 Å². The standard InChI is InChI=1S/C11H16Cl2N4O2/c1-14-10-7(12)5-8(13)11(17-10)16-6-9(18)15-3-4-19-2/h5H,3-4,6H2,1-2H3,(H,15,18)(H2,14,16,17). The lowest BCUT2D eigenvalue weighted by molar-refractivity contribution is -0.119. The van der Waals surface area contributed by atoms with Gasteiger partial charge in [0.15, 0.2) is 0 Å². The summed E-state index contributed by atoms with van der Waals surface area (Å²) in [5, 5.41) is 9.13. The van der Waals surface area contributed by atoms with Crippen LogP contribution in [0.3, 0.4) is 0 Å². The number of aromatic nitrogens is 1. The van der Waals surface area contributed by atoms with Crippen LogP contribution >= 0.6 is 23.2 Å². The molecule has 3 N–H and O–H groups in total. The Bertz CT molecular complexity index is 443. The SMILES string of the molecule is CNc1nc(NCC(=O)NCCOC)c(Cl)cc1Cl. The highest BCUT2D eigenvalue weighted by Gasteiger charge is 2.09. The van der Waals surface area contributed by atoms with E-state index < -0.39 is 0 Å². The summed E-state index contributed by atoms with van der Waals surface area (Å²) in [6.45, 7) is 0.997. The van der Waals surface area contributed by atoms with Crippen LogP contribution in [0.4, 0.5) is 11.6 Å². The largest absolute Gasteiger partial charge is 0.383 e. The van der Waals surface area contributed by atoms with E-state index in [1.165, 1.54) is 0 Å². The van der Waals surface area contributed by atoms with Gasteiger partial charge in [-0.3, -0.25) is 4.79 Å². The van der Waals surface area contributed by atoms with Crippen molar-refractivity contribution < 1.29 is 9.53 Å². The van der Waals surface area contributed by atoms with Crippen LogP contribution in [0.25, 0.3) is 0 Å². The molecule has 0 saturated carbocycles. The first-order valence-corrected chi connectivity index (χ1v) is 6.37. The summed E-state index contributed by atoms with van der Waals surface area (Å²) in [6.07, 6.45) is 0. The highest BCUT2D eigenvalue weighted by Crippen LogP contribution is 2.28. The Hall–Kier alpha value is -1.24. The van der Waals surface area contributed by atoms with E-state index in [0.29, 0.717) is 34.8 Å². The van der Waals surface area contributed by atoms with Gasteiger partial charge in [-0.15, -0.1) is 0 Å². The highest BCUT2D eigenvalue weighted by molar-refractivity contribution is 6.37. The van der Waals surface area contributed by atoms with Crippen LogP contribution in [0.2, 0.25) is 10.0 Å². The van der Waals surface area contributed by atoms with Crippen LogP contribution in [-0.2, 0) is 9.53 Å². The summed E-state index contributed by atoms with van der Waals surface area (Å²) in [4.78, 5) is 15.7. The highest BCUT2D eigenvalue weighted by atomic mass is 35.5. The molecule has 0 saturated heterocycles. The van der Waals surface area contributed by atoms with Crippen molar-refractivity contribution >= 4 is 40.7 Å². The number of carbonyl (C=O) groups is 1. The molecule has 8 heteroatoms. The minimum Gasteiger partial charge on any atom is -0.383 e. The van der Waals surface area contributed by atoms with Gasteiger partial charge in [0.1, 0.15) is 11.6 Å². The lowest BCUT2D eigenvalue weighted by Crippen LogP contribution is -2.32. The maximum Gasteiger partial charge on any atom is 0.239 e. The minimum atomic E-state index is -0.170. The first kappa shape index (κ1) is 15.8. The first-order valence-electron chi connectivity index (χ1n) is 5.61. The molecule has 0 aliphatic rings. The van der Waals surface area contributed by atoms with Gasteiger partial charge in [-0.2, -0.15) is 0 Å². The first-order chi connectivity index (χ1) is 9.08. The molecule has 1 heterocycles. The van der Waals surface area contributed by atoms with E-state index >= 15 is 0 Å². The number of anilines is 2. The number of ether oxygens (including phenoxy) is 1. The Morgan fingerprint density at radius 1 is 1.37 bits per heavy atom. The fourth-order valence-electron chi connectivity index (χ4n) is 1.28. The zero-order chi connectivity index (χ0) is 14.3. The normalized spacial score (nSPS) is 10.1. The monoisotopic (exact) mass is 306 g/mol. The van der Waals surface area contributed by atoms with Crippen LogP contribution in [0.1, 0.15) is 0 Å². The van der Waals surface area contributed by atoms with Crippen molar-refractivity contribution in [1.29, 1.82) is 0 Å². The van der Waals surface area contributed by atoms with Crippen LogP contribution in [0, 0.1) is 0 Å². The lowest BCUT2D eigenvalue weighted by atomic mass is 10.4. The Kier molecular flexibility index (Phi) is 6.69. The van der Waals surface area contributed by atoms with Gasteiger partial charge >= 0.3 is 0 Å². The zero-order valence-corrected chi connectivity index (χ0v) is 12.2. The molecule has 0 aliphatic carbocycles. The quantitative estimate of drug-likeness (QED) is 0.667. The topological polar surface area (TPSA) is 75.3 Å². The molecule has 1 rings (SSSR count). The minimum absolute atomic E-state index is 0.0707. The third-order valence-electron chi connectivity index (χ3n) is 2.21. The number of rotatable bonds is 7. The molecular formula is C11H16Cl2N4O2. The number of pyridine rings is 1. The molecule has 6 nitrogen and oxygen atoms in total.